The van der Waals surface area contributed by atoms with Crippen LogP contribution in [0.15, 0.2) is 0 Å². The van der Waals surface area contributed by atoms with Crippen LogP contribution in [0.4, 0.5) is 0 Å². The van der Waals surface area contributed by atoms with Crippen LogP contribution in [-0.4, -0.2) is 6.04 Å². The van der Waals surface area contributed by atoms with Gasteiger partial charge in [0.2, 0.25) is 0 Å². The van der Waals surface area contributed by atoms with Gasteiger partial charge in [-0.3, -0.25) is 0 Å². The quantitative estimate of drug-likeness (QED) is 0.567. The van der Waals surface area contributed by atoms with Crippen molar-refractivity contribution in [1.82, 2.24) is 0 Å². The summed E-state index contributed by atoms with van der Waals surface area (Å²) in [7, 11) is 0. The molecule has 0 radical (unpaired) electrons. The minimum Gasteiger partial charge on any atom is -0.317 e. The molecule has 1 nitrogen and oxygen atoms in total. The standard InChI is InChI=1S/C8H15N/c1-4-6-7(3)8(9)5-2/h2,7-8H,4,6,9H2,1,3H3. The number of hydrogen-bond acceptors (Lipinski definition) is 1. The van der Waals surface area contributed by atoms with Gasteiger partial charge >= 0.3 is 0 Å². The smallest absolute Gasteiger partial charge is 0.0687 e. The van der Waals surface area contributed by atoms with Gasteiger partial charge in [-0.2, -0.15) is 0 Å². The van der Waals surface area contributed by atoms with E-state index in [1.54, 1.807) is 0 Å². The minimum atomic E-state index is -0.0510. The zero-order valence-electron chi connectivity index (χ0n) is 6.22. The molecule has 0 fully saturated rings. The third-order valence-corrected chi connectivity index (χ3v) is 1.55. The molecule has 9 heavy (non-hydrogen) atoms. The van der Waals surface area contributed by atoms with Gasteiger partial charge < -0.3 is 5.73 Å². The normalized spacial score (nSPS) is 16.2. The van der Waals surface area contributed by atoms with Gasteiger partial charge in [-0.1, -0.05) is 26.2 Å². The molecule has 0 amide bonds. The summed E-state index contributed by atoms with van der Waals surface area (Å²) < 4.78 is 0. The zero-order valence-corrected chi connectivity index (χ0v) is 6.22. The SMILES string of the molecule is C#CC(N)C(C)CCC. The minimum absolute atomic E-state index is 0.0510. The molecular weight excluding hydrogens is 110 g/mol. The van der Waals surface area contributed by atoms with E-state index in [-0.39, 0.29) is 6.04 Å². The summed E-state index contributed by atoms with van der Waals surface area (Å²) in [6.45, 7) is 4.23. The van der Waals surface area contributed by atoms with Crippen LogP contribution in [0.5, 0.6) is 0 Å². The van der Waals surface area contributed by atoms with Gasteiger partial charge in [-0.15, -0.1) is 6.42 Å². The van der Waals surface area contributed by atoms with E-state index in [1.165, 1.54) is 0 Å². The summed E-state index contributed by atoms with van der Waals surface area (Å²) in [4.78, 5) is 0. The molecule has 0 spiro atoms. The van der Waals surface area contributed by atoms with Crippen LogP contribution in [0.25, 0.3) is 0 Å². The molecule has 0 bridgehead atoms. The largest absolute Gasteiger partial charge is 0.317 e. The summed E-state index contributed by atoms with van der Waals surface area (Å²) in [6, 6.07) is -0.0510. The van der Waals surface area contributed by atoms with Gasteiger partial charge in [-0.05, 0) is 12.3 Å². The molecule has 0 aromatic carbocycles. The fourth-order valence-corrected chi connectivity index (χ4v) is 0.799. The van der Waals surface area contributed by atoms with Crippen molar-refractivity contribution in [3.63, 3.8) is 0 Å². The van der Waals surface area contributed by atoms with E-state index < -0.39 is 0 Å². The molecule has 0 aromatic heterocycles. The van der Waals surface area contributed by atoms with Crippen molar-refractivity contribution in [2.24, 2.45) is 11.7 Å². The lowest BCUT2D eigenvalue weighted by atomic mass is 9.99. The van der Waals surface area contributed by atoms with Gasteiger partial charge in [0.25, 0.3) is 0 Å². The molecule has 0 aliphatic rings. The second-order valence-corrected chi connectivity index (χ2v) is 2.46. The van der Waals surface area contributed by atoms with Crippen LogP contribution in [-0.2, 0) is 0 Å². The van der Waals surface area contributed by atoms with E-state index in [1.807, 2.05) is 0 Å². The van der Waals surface area contributed by atoms with Crippen molar-refractivity contribution >= 4 is 0 Å². The summed E-state index contributed by atoms with van der Waals surface area (Å²) in [6.07, 6.45) is 7.42. The summed E-state index contributed by atoms with van der Waals surface area (Å²) >= 11 is 0. The van der Waals surface area contributed by atoms with Crippen LogP contribution < -0.4 is 5.73 Å². The fourth-order valence-electron chi connectivity index (χ4n) is 0.799. The monoisotopic (exact) mass is 125 g/mol. The predicted octanol–water partition coefficient (Wildman–Crippen LogP) is 1.38. The van der Waals surface area contributed by atoms with Crippen molar-refractivity contribution in [1.29, 1.82) is 0 Å². The maximum atomic E-state index is 5.57. The van der Waals surface area contributed by atoms with Gasteiger partial charge in [-0.25, -0.2) is 0 Å². The van der Waals surface area contributed by atoms with Gasteiger partial charge in [0.1, 0.15) is 0 Å². The molecule has 0 aliphatic heterocycles. The van der Waals surface area contributed by atoms with E-state index in [2.05, 4.69) is 19.8 Å². The van der Waals surface area contributed by atoms with E-state index in [0.717, 1.165) is 12.8 Å². The molecule has 0 aliphatic carbocycles. The second kappa shape index (κ2) is 4.40. The Kier molecular flexibility index (Phi) is 4.17. The molecule has 0 heterocycles. The molecular formula is C8H15N. The van der Waals surface area contributed by atoms with Gasteiger partial charge in [0.05, 0.1) is 6.04 Å². The molecule has 0 rings (SSSR count). The van der Waals surface area contributed by atoms with Gasteiger partial charge in [0.15, 0.2) is 0 Å². The zero-order chi connectivity index (χ0) is 7.28. The van der Waals surface area contributed by atoms with Crippen LogP contribution in [0, 0.1) is 18.3 Å². The average molecular weight is 125 g/mol. The number of nitrogens with two attached hydrogens (primary N) is 1. The lowest BCUT2D eigenvalue weighted by Crippen LogP contribution is -2.25. The van der Waals surface area contributed by atoms with Crippen LogP contribution in [0.1, 0.15) is 26.7 Å². The topological polar surface area (TPSA) is 26.0 Å². The predicted molar refractivity (Wildman–Crippen MR) is 40.9 cm³/mol. The molecule has 2 unspecified atom stereocenters. The Morgan fingerprint density at radius 3 is 2.56 bits per heavy atom. The van der Waals surface area contributed by atoms with Crippen molar-refractivity contribution in [2.45, 2.75) is 32.7 Å². The first-order chi connectivity index (χ1) is 4.22. The Morgan fingerprint density at radius 1 is 1.67 bits per heavy atom. The Morgan fingerprint density at radius 2 is 2.22 bits per heavy atom. The Labute approximate surface area is 57.6 Å². The fraction of sp³-hybridized carbons (Fsp3) is 0.750. The third-order valence-electron chi connectivity index (χ3n) is 1.55. The molecule has 1 heteroatoms. The maximum absolute atomic E-state index is 5.57. The molecule has 0 saturated carbocycles. The molecule has 0 aromatic rings. The van der Waals surface area contributed by atoms with Crippen LogP contribution >= 0.6 is 0 Å². The average Bonchev–Trinajstić information content (AvgIpc) is 1.87. The molecule has 0 saturated heterocycles. The van der Waals surface area contributed by atoms with Crippen molar-refractivity contribution in [2.75, 3.05) is 0 Å². The number of rotatable bonds is 3. The van der Waals surface area contributed by atoms with Crippen molar-refractivity contribution in [3.8, 4) is 12.3 Å². The first-order valence-corrected chi connectivity index (χ1v) is 3.44. The van der Waals surface area contributed by atoms with Crippen molar-refractivity contribution < 1.29 is 0 Å². The van der Waals surface area contributed by atoms with E-state index in [9.17, 15) is 0 Å². The Balaban J connectivity index is 3.48. The lowest BCUT2D eigenvalue weighted by molar-refractivity contribution is 0.484. The summed E-state index contributed by atoms with van der Waals surface area (Å²) in [5.41, 5.74) is 5.57. The van der Waals surface area contributed by atoms with Gasteiger partial charge in [0, 0.05) is 0 Å². The highest BCUT2D eigenvalue weighted by atomic mass is 14.6. The Hall–Kier alpha value is -0.480. The van der Waals surface area contributed by atoms with E-state index in [4.69, 9.17) is 12.2 Å². The second-order valence-electron chi connectivity index (χ2n) is 2.46. The molecule has 2 N–H and O–H groups in total. The Bertz CT molecular complexity index is 102. The van der Waals surface area contributed by atoms with E-state index >= 15 is 0 Å². The third kappa shape index (κ3) is 3.16. The first kappa shape index (κ1) is 8.52. The molecule has 2 atom stereocenters. The number of hydrogen-bond donors (Lipinski definition) is 1. The molecule has 52 valence electrons. The lowest BCUT2D eigenvalue weighted by Gasteiger charge is -2.12. The van der Waals surface area contributed by atoms with Crippen LogP contribution in [0.3, 0.4) is 0 Å². The summed E-state index contributed by atoms with van der Waals surface area (Å²) in [5, 5.41) is 0. The number of terminal acetylenes is 1. The highest BCUT2D eigenvalue weighted by Crippen LogP contribution is 2.07. The first-order valence-electron chi connectivity index (χ1n) is 3.44. The van der Waals surface area contributed by atoms with Crippen molar-refractivity contribution in [3.05, 3.63) is 0 Å². The van der Waals surface area contributed by atoms with Crippen LogP contribution in [0.2, 0.25) is 0 Å². The van der Waals surface area contributed by atoms with E-state index in [0.29, 0.717) is 5.92 Å². The highest BCUT2D eigenvalue weighted by molar-refractivity contribution is 4.98. The maximum Gasteiger partial charge on any atom is 0.0687 e. The highest BCUT2D eigenvalue weighted by Gasteiger charge is 2.06. The summed E-state index contributed by atoms with van der Waals surface area (Å²) in [5.74, 6) is 3.00.